The molecular weight excluding hydrogens is 378 g/mol. The summed E-state index contributed by atoms with van der Waals surface area (Å²) in [6.45, 7) is 8.33. The minimum atomic E-state index is -1.52. The van der Waals surface area contributed by atoms with Gasteiger partial charge >= 0.3 is 18.0 Å². The fourth-order valence-electron chi connectivity index (χ4n) is 2.58. The summed E-state index contributed by atoms with van der Waals surface area (Å²) in [5.41, 5.74) is -0.0497. The number of nitrogens with one attached hydrogen (secondary N) is 1. The number of aliphatic carboxylic acids is 1. The van der Waals surface area contributed by atoms with Crippen molar-refractivity contribution in [2.24, 2.45) is 11.8 Å². The lowest BCUT2D eigenvalue weighted by molar-refractivity contribution is -0.164. The molecule has 8 heteroatoms. The molecule has 0 aliphatic carbocycles. The highest BCUT2D eigenvalue weighted by Gasteiger charge is 2.36. The predicted octanol–water partition coefficient (Wildman–Crippen LogP) is 2.94. The van der Waals surface area contributed by atoms with Crippen molar-refractivity contribution in [1.29, 1.82) is 0 Å². The van der Waals surface area contributed by atoms with Crippen LogP contribution in [0.5, 0.6) is 0 Å². The summed E-state index contributed by atoms with van der Waals surface area (Å²) < 4.78 is 10.3. The van der Waals surface area contributed by atoms with Crippen LogP contribution in [-0.4, -0.2) is 40.6 Å². The second kappa shape index (κ2) is 10.6. The van der Waals surface area contributed by atoms with Gasteiger partial charge in [-0.2, -0.15) is 0 Å². The van der Waals surface area contributed by atoms with Gasteiger partial charge in [-0.3, -0.25) is 9.59 Å². The summed E-state index contributed by atoms with van der Waals surface area (Å²) in [7, 11) is 0. The number of ether oxygens (including phenoxy) is 2. The first-order chi connectivity index (χ1) is 13.4. The van der Waals surface area contributed by atoms with E-state index >= 15 is 0 Å². The second-order valence-corrected chi connectivity index (χ2v) is 8.02. The topological polar surface area (TPSA) is 119 Å². The Morgan fingerprint density at radius 3 is 2.14 bits per heavy atom. The summed E-state index contributed by atoms with van der Waals surface area (Å²) in [4.78, 5) is 48.4. The average molecular weight is 407 g/mol. The number of hydrogen-bond donors (Lipinski definition) is 2. The third-order valence-corrected chi connectivity index (χ3v) is 3.88. The van der Waals surface area contributed by atoms with E-state index < -0.39 is 53.7 Å². The molecule has 1 amide bonds. The first kappa shape index (κ1) is 24.1. The molecule has 1 rings (SSSR count). The summed E-state index contributed by atoms with van der Waals surface area (Å²) >= 11 is 0. The highest BCUT2D eigenvalue weighted by molar-refractivity contribution is 6.01. The molecular formula is C21H29NO7. The quantitative estimate of drug-likeness (QED) is 0.477. The van der Waals surface area contributed by atoms with Crippen molar-refractivity contribution in [3.05, 3.63) is 35.9 Å². The molecule has 1 aromatic rings. The first-order valence-corrected chi connectivity index (χ1v) is 9.36. The molecule has 8 nitrogen and oxygen atoms in total. The number of amides is 1. The van der Waals surface area contributed by atoms with Crippen LogP contribution in [0.15, 0.2) is 30.3 Å². The van der Waals surface area contributed by atoms with E-state index in [0.29, 0.717) is 0 Å². The van der Waals surface area contributed by atoms with Crippen molar-refractivity contribution < 1.29 is 33.8 Å². The third-order valence-electron chi connectivity index (χ3n) is 3.88. The lowest BCUT2D eigenvalue weighted by atomic mass is 9.88. The van der Waals surface area contributed by atoms with Gasteiger partial charge in [-0.25, -0.2) is 9.59 Å². The van der Waals surface area contributed by atoms with Crippen molar-refractivity contribution in [3.8, 4) is 0 Å². The fraction of sp³-hybridized carbons (Fsp3) is 0.524. The maximum Gasteiger partial charge on any atom is 0.408 e. The van der Waals surface area contributed by atoms with Crippen molar-refractivity contribution in [2.75, 3.05) is 0 Å². The molecule has 0 fully saturated rings. The van der Waals surface area contributed by atoms with Crippen LogP contribution >= 0.6 is 0 Å². The molecule has 0 bridgehead atoms. The van der Waals surface area contributed by atoms with Crippen LogP contribution in [0.1, 0.15) is 46.6 Å². The van der Waals surface area contributed by atoms with E-state index in [0.717, 1.165) is 5.56 Å². The van der Waals surface area contributed by atoms with Gasteiger partial charge in [0.05, 0.1) is 0 Å². The number of ketones is 1. The number of carboxylic acid groups (broad SMARTS) is 1. The van der Waals surface area contributed by atoms with Gasteiger partial charge in [0.15, 0.2) is 0 Å². The molecule has 0 saturated carbocycles. The zero-order valence-corrected chi connectivity index (χ0v) is 17.4. The number of benzene rings is 1. The molecule has 0 heterocycles. The molecule has 0 aromatic heterocycles. The molecule has 1 aromatic carbocycles. The standard InChI is InChI=1S/C21H29NO7/c1-13(2)17(19(26)29-21(3,4)5)16(23)11-15(18(24)25)22-20(27)28-12-14-9-7-6-8-10-14/h6-10,13,15,17H,11-12H2,1-5H3,(H,22,27)(H,24,25). The van der Waals surface area contributed by atoms with Gasteiger partial charge in [-0.1, -0.05) is 44.2 Å². The van der Waals surface area contributed by atoms with Crippen LogP contribution in [0.2, 0.25) is 0 Å². The SMILES string of the molecule is CC(C)C(C(=O)CC(NC(=O)OCc1ccccc1)C(=O)O)C(=O)OC(C)(C)C. The highest BCUT2D eigenvalue weighted by atomic mass is 16.6. The van der Waals surface area contributed by atoms with E-state index in [1.165, 1.54) is 0 Å². The summed E-state index contributed by atoms with van der Waals surface area (Å²) in [6.07, 6.45) is -1.52. The van der Waals surface area contributed by atoms with Crippen molar-refractivity contribution in [1.82, 2.24) is 5.32 Å². The monoisotopic (exact) mass is 407 g/mol. The molecule has 0 radical (unpaired) electrons. The molecule has 0 aliphatic rings. The Hall–Kier alpha value is -2.90. The molecule has 0 aliphatic heterocycles. The maximum atomic E-state index is 12.6. The fourth-order valence-corrected chi connectivity index (χ4v) is 2.58. The van der Waals surface area contributed by atoms with E-state index in [-0.39, 0.29) is 6.61 Å². The van der Waals surface area contributed by atoms with E-state index in [9.17, 15) is 24.3 Å². The van der Waals surface area contributed by atoms with Gasteiger partial charge in [0.2, 0.25) is 0 Å². The van der Waals surface area contributed by atoms with Crippen LogP contribution in [0.3, 0.4) is 0 Å². The first-order valence-electron chi connectivity index (χ1n) is 9.36. The zero-order valence-electron chi connectivity index (χ0n) is 17.4. The van der Waals surface area contributed by atoms with Gasteiger partial charge < -0.3 is 19.9 Å². The largest absolute Gasteiger partial charge is 0.480 e. The number of carbonyl (C=O) groups excluding carboxylic acids is 3. The molecule has 2 unspecified atom stereocenters. The Labute approximate surface area is 170 Å². The Kier molecular flexibility index (Phi) is 8.82. The van der Waals surface area contributed by atoms with Crippen LogP contribution in [0, 0.1) is 11.8 Å². The maximum absolute atomic E-state index is 12.6. The van der Waals surface area contributed by atoms with Gasteiger partial charge in [0.25, 0.3) is 0 Å². The smallest absolute Gasteiger partial charge is 0.408 e. The number of carboxylic acids is 1. The number of Topliss-reactive ketones (excluding diaryl/α,β-unsaturated/α-hetero) is 1. The number of alkyl carbamates (subject to hydrolysis) is 1. The van der Waals surface area contributed by atoms with Crippen LogP contribution in [-0.2, 0) is 30.5 Å². The molecule has 0 spiro atoms. The molecule has 2 atom stereocenters. The Morgan fingerprint density at radius 2 is 1.66 bits per heavy atom. The van der Waals surface area contributed by atoms with Crippen LogP contribution < -0.4 is 5.32 Å². The summed E-state index contributed by atoms with van der Waals surface area (Å²) in [5, 5.41) is 11.5. The lowest BCUT2D eigenvalue weighted by Crippen LogP contribution is -2.45. The summed E-state index contributed by atoms with van der Waals surface area (Å²) in [5.74, 6) is -4.25. The van der Waals surface area contributed by atoms with E-state index in [2.05, 4.69) is 5.32 Å². The van der Waals surface area contributed by atoms with Crippen LogP contribution in [0.4, 0.5) is 4.79 Å². The predicted molar refractivity (Wildman–Crippen MR) is 105 cm³/mol. The van der Waals surface area contributed by atoms with Crippen LogP contribution in [0.25, 0.3) is 0 Å². The minimum absolute atomic E-state index is 0.0422. The number of carbonyl (C=O) groups is 4. The van der Waals surface area contributed by atoms with Gasteiger partial charge in [0, 0.05) is 6.42 Å². The van der Waals surface area contributed by atoms with Crippen molar-refractivity contribution >= 4 is 23.8 Å². The van der Waals surface area contributed by atoms with E-state index in [1.807, 2.05) is 6.07 Å². The lowest BCUT2D eigenvalue weighted by Gasteiger charge is -2.26. The highest BCUT2D eigenvalue weighted by Crippen LogP contribution is 2.20. The van der Waals surface area contributed by atoms with Gasteiger partial charge in [-0.15, -0.1) is 0 Å². The number of rotatable bonds is 9. The third kappa shape index (κ3) is 8.76. The molecule has 160 valence electrons. The van der Waals surface area contributed by atoms with Gasteiger partial charge in [0.1, 0.15) is 30.0 Å². The Bertz CT molecular complexity index is 722. The minimum Gasteiger partial charge on any atom is -0.480 e. The molecule has 2 N–H and O–H groups in total. The Morgan fingerprint density at radius 1 is 1.07 bits per heavy atom. The van der Waals surface area contributed by atoms with Crippen molar-refractivity contribution in [3.63, 3.8) is 0 Å². The van der Waals surface area contributed by atoms with Gasteiger partial charge in [-0.05, 0) is 32.3 Å². The zero-order chi connectivity index (χ0) is 22.2. The second-order valence-electron chi connectivity index (χ2n) is 8.02. The molecule has 0 saturated heterocycles. The van der Waals surface area contributed by atoms with E-state index in [4.69, 9.17) is 9.47 Å². The Balaban J connectivity index is 2.74. The van der Waals surface area contributed by atoms with Crippen molar-refractivity contribution in [2.45, 2.75) is 59.3 Å². The van der Waals surface area contributed by atoms with E-state index in [1.54, 1.807) is 58.9 Å². The molecule has 29 heavy (non-hydrogen) atoms. The number of hydrogen-bond acceptors (Lipinski definition) is 6. The average Bonchev–Trinajstić information content (AvgIpc) is 2.58. The summed E-state index contributed by atoms with van der Waals surface area (Å²) in [6, 6.07) is 7.34. The normalized spacial score (nSPS) is 13.3. The number of esters is 1.